The number of carbonyl (C=O) groups excluding carboxylic acids is 2. The van der Waals surface area contributed by atoms with Gasteiger partial charge in [-0.25, -0.2) is 0 Å². The Morgan fingerprint density at radius 3 is 2.12 bits per heavy atom. The van der Waals surface area contributed by atoms with Gasteiger partial charge in [0.1, 0.15) is 0 Å². The van der Waals surface area contributed by atoms with Crippen molar-refractivity contribution in [1.29, 1.82) is 0 Å². The van der Waals surface area contributed by atoms with Gasteiger partial charge in [0.2, 0.25) is 11.8 Å². The zero-order valence-corrected chi connectivity index (χ0v) is 18.7. The van der Waals surface area contributed by atoms with Crippen molar-refractivity contribution in [3.63, 3.8) is 0 Å². The van der Waals surface area contributed by atoms with E-state index in [0.29, 0.717) is 0 Å². The minimum absolute atomic E-state index is 0. The Hall–Kier alpha value is -1.10. The second-order valence-corrected chi connectivity index (χ2v) is 6.92. The van der Waals surface area contributed by atoms with Crippen LogP contribution in [-0.2, 0) is 9.59 Å². The van der Waals surface area contributed by atoms with Crippen molar-refractivity contribution in [1.82, 2.24) is 24.9 Å². The molecule has 2 fully saturated rings. The molecular formula is C17H33IN6O2. The number of likely N-dealkylation sites (tertiary alicyclic amines) is 1. The minimum atomic E-state index is -0.0643. The lowest BCUT2D eigenvalue weighted by molar-refractivity contribution is -0.135. The smallest absolute Gasteiger partial charge is 0.241 e. The number of rotatable bonds is 4. The monoisotopic (exact) mass is 480 g/mol. The molecule has 1 N–H and O–H groups in total. The number of hydrogen-bond donors (Lipinski definition) is 1. The number of likely N-dealkylation sites (N-methyl/N-ethyl adjacent to an activating group) is 1. The van der Waals surface area contributed by atoms with E-state index in [4.69, 9.17) is 0 Å². The zero-order chi connectivity index (χ0) is 18.4. The highest BCUT2D eigenvalue weighted by Crippen LogP contribution is 2.14. The molecule has 1 unspecified atom stereocenters. The minimum Gasteiger partial charge on any atom is -0.347 e. The lowest BCUT2D eigenvalue weighted by Gasteiger charge is -2.39. The van der Waals surface area contributed by atoms with Crippen LogP contribution in [0.4, 0.5) is 0 Å². The summed E-state index contributed by atoms with van der Waals surface area (Å²) < 4.78 is 0. The van der Waals surface area contributed by atoms with Gasteiger partial charge in [-0.1, -0.05) is 0 Å². The molecule has 0 aromatic rings. The molecule has 9 heteroatoms. The first-order valence-electron chi connectivity index (χ1n) is 9.12. The third-order valence-electron chi connectivity index (χ3n) is 5.04. The molecular weight excluding hydrogens is 447 g/mol. The van der Waals surface area contributed by atoms with Gasteiger partial charge in [0.15, 0.2) is 5.96 Å². The molecule has 2 saturated heterocycles. The maximum absolute atomic E-state index is 12.5. The molecule has 0 bridgehead atoms. The third kappa shape index (κ3) is 5.97. The van der Waals surface area contributed by atoms with Crippen LogP contribution in [0.15, 0.2) is 4.99 Å². The summed E-state index contributed by atoms with van der Waals surface area (Å²) in [5, 5.41) is 3.12. The van der Waals surface area contributed by atoms with Gasteiger partial charge in [0.25, 0.3) is 0 Å². The summed E-state index contributed by atoms with van der Waals surface area (Å²) in [7, 11) is 5.21. The van der Waals surface area contributed by atoms with E-state index in [1.807, 2.05) is 11.8 Å². The predicted molar refractivity (Wildman–Crippen MR) is 114 cm³/mol. The van der Waals surface area contributed by atoms with E-state index in [1.165, 1.54) is 0 Å². The van der Waals surface area contributed by atoms with Crippen molar-refractivity contribution in [2.24, 2.45) is 4.99 Å². The van der Waals surface area contributed by atoms with Gasteiger partial charge >= 0.3 is 0 Å². The highest BCUT2D eigenvalue weighted by Gasteiger charge is 2.30. The molecule has 2 aliphatic rings. The Morgan fingerprint density at radius 2 is 1.62 bits per heavy atom. The first kappa shape index (κ1) is 22.9. The van der Waals surface area contributed by atoms with Crippen LogP contribution < -0.4 is 5.32 Å². The lowest BCUT2D eigenvalue weighted by Crippen LogP contribution is -2.57. The molecule has 0 saturated carbocycles. The number of carbonyl (C=O) groups is 2. The quantitative estimate of drug-likeness (QED) is 0.346. The number of hydrogen-bond acceptors (Lipinski definition) is 4. The van der Waals surface area contributed by atoms with Crippen LogP contribution >= 0.6 is 24.0 Å². The zero-order valence-electron chi connectivity index (χ0n) is 16.4. The Labute approximate surface area is 174 Å². The maximum atomic E-state index is 12.5. The van der Waals surface area contributed by atoms with Gasteiger partial charge in [-0.05, 0) is 19.8 Å². The van der Waals surface area contributed by atoms with Crippen LogP contribution in [0, 0.1) is 0 Å². The molecule has 2 amide bonds. The molecule has 150 valence electrons. The van der Waals surface area contributed by atoms with E-state index in [2.05, 4.69) is 20.1 Å². The van der Waals surface area contributed by atoms with E-state index in [0.717, 1.165) is 58.1 Å². The largest absolute Gasteiger partial charge is 0.347 e. The van der Waals surface area contributed by atoms with Crippen molar-refractivity contribution in [3.05, 3.63) is 0 Å². The molecule has 2 heterocycles. The number of nitrogens with zero attached hydrogens (tertiary/aromatic N) is 5. The van der Waals surface area contributed by atoms with Crippen LogP contribution in [0.25, 0.3) is 0 Å². The lowest BCUT2D eigenvalue weighted by atomic mass is 10.2. The Morgan fingerprint density at radius 1 is 1.04 bits per heavy atom. The SMILES string of the molecule is CN=C(NCC(=O)N(C)C)N1CCN(C(C)C(=O)N2CCCC2)CC1.I. The van der Waals surface area contributed by atoms with E-state index >= 15 is 0 Å². The molecule has 1 atom stereocenters. The topological polar surface area (TPSA) is 71.5 Å². The van der Waals surface area contributed by atoms with Gasteiger partial charge < -0.3 is 20.0 Å². The fourth-order valence-corrected chi connectivity index (χ4v) is 3.32. The van der Waals surface area contributed by atoms with Gasteiger partial charge in [-0.2, -0.15) is 0 Å². The predicted octanol–water partition coefficient (Wildman–Crippen LogP) is -0.103. The normalized spacial score (nSPS) is 19.8. The Bertz CT molecular complexity index is 499. The summed E-state index contributed by atoms with van der Waals surface area (Å²) >= 11 is 0. The molecule has 0 aromatic carbocycles. The summed E-state index contributed by atoms with van der Waals surface area (Å²) in [4.78, 5) is 36.5. The van der Waals surface area contributed by atoms with Crippen molar-refractivity contribution < 1.29 is 9.59 Å². The van der Waals surface area contributed by atoms with Crippen LogP contribution in [0.2, 0.25) is 0 Å². The molecule has 26 heavy (non-hydrogen) atoms. The summed E-state index contributed by atoms with van der Waals surface area (Å²) in [6, 6.07) is -0.0643. The molecule has 0 aliphatic carbocycles. The van der Waals surface area contributed by atoms with Gasteiger partial charge in [0.05, 0.1) is 12.6 Å². The van der Waals surface area contributed by atoms with E-state index in [-0.39, 0.29) is 48.4 Å². The van der Waals surface area contributed by atoms with Crippen molar-refractivity contribution in [2.75, 3.05) is 67.0 Å². The number of piperazine rings is 1. The number of guanidine groups is 1. The van der Waals surface area contributed by atoms with Gasteiger partial charge in [-0.3, -0.25) is 19.5 Å². The van der Waals surface area contributed by atoms with Crippen molar-refractivity contribution >= 4 is 41.8 Å². The Kier molecular flexibility index (Phi) is 9.62. The Balaban J connectivity index is 0.00000338. The number of nitrogens with one attached hydrogen (secondary N) is 1. The maximum Gasteiger partial charge on any atom is 0.241 e. The van der Waals surface area contributed by atoms with Crippen LogP contribution in [-0.4, -0.2) is 110 Å². The summed E-state index contributed by atoms with van der Waals surface area (Å²) in [5.74, 6) is 1.02. The molecule has 0 radical (unpaired) electrons. The standard InChI is InChI=1S/C17H32N6O2.HI/c1-14(16(25)22-7-5-6-8-22)21-9-11-23(12-10-21)17(18-2)19-13-15(24)20(3)4;/h14H,5-13H2,1-4H3,(H,18,19);1H. The summed E-state index contributed by atoms with van der Waals surface area (Å²) in [6.07, 6.45) is 2.25. The average molecular weight is 480 g/mol. The summed E-state index contributed by atoms with van der Waals surface area (Å²) in [6.45, 7) is 7.30. The first-order valence-corrected chi connectivity index (χ1v) is 9.12. The second kappa shape index (κ2) is 10.9. The second-order valence-electron chi connectivity index (χ2n) is 6.92. The highest BCUT2D eigenvalue weighted by atomic mass is 127. The molecule has 8 nitrogen and oxygen atoms in total. The summed E-state index contributed by atoms with van der Waals surface area (Å²) in [5.41, 5.74) is 0. The molecule has 2 rings (SSSR count). The number of amides is 2. The van der Waals surface area contributed by atoms with E-state index in [1.54, 1.807) is 26.0 Å². The fraction of sp³-hybridized carbons (Fsp3) is 0.824. The van der Waals surface area contributed by atoms with Crippen LogP contribution in [0.1, 0.15) is 19.8 Å². The molecule has 0 spiro atoms. The first-order chi connectivity index (χ1) is 11.9. The number of aliphatic imine (C=N–C) groups is 1. The van der Waals surface area contributed by atoms with E-state index < -0.39 is 0 Å². The third-order valence-corrected chi connectivity index (χ3v) is 5.04. The van der Waals surface area contributed by atoms with Crippen LogP contribution in [0.3, 0.4) is 0 Å². The van der Waals surface area contributed by atoms with Crippen molar-refractivity contribution in [3.8, 4) is 0 Å². The van der Waals surface area contributed by atoms with Crippen LogP contribution in [0.5, 0.6) is 0 Å². The van der Waals surface area contributed by atoms with Gasteiger partial charge in [0, 0.05) is 60.4 Å². The van der Waals surface area contributed by atoms with E-state index in [9.17, 15) is 9.59 Å². The highest BCUT2D eigenvalue weighted by molar-refractivity contribution is 14.0. The average Bonchev–Trinajstić information content (AvgIpc) is 3.15. The fourth-order valence-electron chi connectivity index (χ4n) is 3.32. The number of halogens is 1. The van der Waals surface area contributed by atoms with Gasteiger partial charge in [-0.15, -0.1) is 24.0 Å². The molecule has 2 aliphatic heterocycles. The molecule has 0 aromatic heterocycles. The van der Waals surface area contributed by atoms with Crippen molar-refractivity contribution in [2.45, 2.75) is 25.8 Å².